The molecule has 2 aliphatic heterocycles. The fraction of sp³-hybridized carbons (Fsp3) is 0.318. The number of oxazole rings is 1. The van der Waals surface area contributed by atoms with Crippen LogP contribution in [0.3, 0.4) is 0 Å². The van der Waals surface area contributed by atoms with Gasteiger partial charge in [-0.25, -0.2) is 4.98 Å². The predicted molar refractivity (Wildman–Crippen MR) is 115 cm³/mol. The zero-order valence-corrected chi connectivity index (χ0v) is 17.5. The van der Waals surface area contributed by atoms with Crippen molar-refractivity contribution in [3.63, 3.8) is 0 Å². The van der Waals surface area contributed by atoms with Crippen LogP contribution in [0.2, 0.25) is 0 Å². The molecule has 0 spiro atoms. The van der Waals surface area contributed by atoms with Gasteiger partial charge < -0.3 is 23.7 Å². The van der Waals surface area contributed by atoms with Crippen LogP contribution in [-0.4, -0.2) is 66.4 Å². The molecule has 2 aliphatic rings. The van der Waals surface area contributed by atoms with Crippen LogP contribution in [0.1, 0.15) is 0 Å². The van der Waals surface area contributed by atoms with Crippen LogP contribution >= 0.6 is 11.8 Å². The summed E-state index contributed by atoms with van der Waals surface area (Å²) in [6, 6.07) is 14.8. The lowest BCUT2D eigenvalue weighted by atomic mass is 10.1. The first-order chi connectivity index (χ1) is 15.2. The Kier molecular flexibility index (Phi) is 5.52. The van der Waals surface area contributed by atoms with E-state index >= 15 is 0 Å². The largest absolute Gasteiger partial charge is 0.476 e. The van der Waals surface area contributed by atoms with Gasteiger partial charge in [-0.1, -0.05) is 36.0 Å². The number of carbonyl (C=O) groups excluding carboxylic acids is 2. The quantitative estimate of drug-likeness (QED) is 0.578. The fourth-order valence-corrected chi connectivity index (χ4v) is 4.42. The third kappa shape index (κ3) is 4.11. The molecule has 0 saturated carbocycles. The van der Waals surface area contributed by atoms with Crippen molar-refractivity contribution < 1.29 is 23.5 Å². The molecule has 1 aromatic heterocycles. The van der Waals surface area contributed by atoms with Crippen LogP contribution in [0.25, 0.3) is 11.1 Å². The van der Waals surface area contributed by atoms with Gasteiger partial charge in [-0.05, 0) is 24.3 Å². The van der Waals surface area contributed by atoms with Crippen molar-refractivity contribution >= 4 is 40.4 Å². The maximum Gasteiger partial charge on any atom is 0.265 e. The molecule has 160 valence electrons. The van der Waals surface area contributed by atoms with E-state index in [1.807, 2.05) is 42.5 Å². The lowest BCUT2D eigenvalue weighted by Crippen LogP contribution is -2.54. The van der Waals surface area contributed by atoms with E-state index in [1.54, 1.807) is 15.9 Å². The minimum Gasteiger partial charge on any atom is -0.476 e. The van der Waals surface area contributed by atoms with Gasteiger partial charge in [0.15, 0.2) is 11.7 Å². The normalized spacial score (nSPS) is 18.5. The number of morpholine rings is 1. The second-order valence-electron chi connectivity index (χ2n) is 7.25. The minimum absolute atomic E-state index is 0.123. The molecule has 1 saturated heterocycles. The molecule has 0 unspecified atom stereocenters. The van der Waals surface area contributed by atoms with Gasteiger partial charge in [0.2, 0.25) is 5.91 Å². The van der Waals surface area contributed by atoms with E-state index in [2.05, 4.69) is 4.98 Å². The Hall–Kier alpha value is -3.04. The van der Waals surface area contributed by atoms with Gasteiger partial charge in [-0.3, -0.25) is 9.59 Å². The minimum atomic E-state index is -0.744. The topological polar surface area (TPSA) is 85.1 Å². The van der Waals surface area contributed by atoms with Crippen molar-refractivity contribution in [1.82, 2.24) is 9.88 Å². The number of thioether (sulfide) groups is 1. The second-order valence-corrected chi connectivity index (χ2v) is 8.18. The van der Waals surface area contributed by atoms with E-state index in [-0.39, 0.29) is 24.1 Å². The van der Waals surface area contributed by atoms with Crippen molar-refractivity contribution in [2.24, 2.45) is 0 Å². The van der Waals surface area contributed by atoms with Gasteiger partial charge in [0.25, 0.3) is 11.1 Å². The summed E-state index contributed by atoms with van der Waals surface area (Å²) in [5.41, 5.74) is 2.10. The summed E-state index contributed by atoms with van der Waals surface area (Å²) >= 11 is 1.24. The highest BCUT2D eigenvalue weighted by Crippen LogP contribution is 2.34. The Morgan fingerprint density at radius 2 is 1.84 bits per heavy atom. The van der Waals surface area contributed by atoms with Gasteiger partial charge in [0.1, 0.15) is 11.3 Å². The number of carbonyl (C=O) groups is 2. The van der Waals surface area contributed by atoms with E-state index in [0.29, 0.717) is 48.5 Å². The van der Waals surface area contributed by atoms with Crippen LogP contribution in [0, 0.1) is 0 Å². The molecular weight excluding hydrogens is 418 g/mol. The zero-order valence-electron chi connectivity index (χ0n) is 16.7. The summed E-state index contributed by atoms with van der Waals surface area (Å²) in [6.07, 6.45) is -0.744. The van der Waals surface area contributed by atoms with Crippen LogP contribution in [0.15, 0.2) is 58.2 Å². The molecule has 3 heterocycles. The number of anilines is 1. The average Bonchev–Trinajstić information content (AvgIpc) is 3.25. The first-order valence-electron chi connectivity index (χ1n) is 10.1. The summed E-state index contributed by atoms with van der Waals surface area (Å²) in [7, 11) is 0. The Bertz CT molecular complexity index is 1080. The molecule has 8 nitrogen and oxygen atoms in total. The second kappa shape index (κ2) is 8.60. The fourth-order valence-electron chi connectivity index (χ4n) is 3.70. The van der Waals surface area contributed by atoms with Crippen molar-refractivity contribution in [3.8, 4) is 5.75 Å². The first kappa shape index (κ1) is 19.9. The number of hydrogen-bond acceptors (Lipinski definition) is 7. The molecular formula is C22H21N3O5S. The molecule has 3 aromatic rings. The maximum absolute atomic E-state index is 13.1. The van der Waals surface area contributed by atoms with Gasteiger partial charge >= 0.3 is 0 Å². The molecule has 9 heteroatoms. The van der Waals surface area contributed by atoms with E-state index in [9.17, 15) is 9.59 Å². The highest BCUT2D eigenvalue weighted by atomic mass is 32.2. The number of fused-ring (bicyclic) bond motifs is 2. The van der Waals surface area contributed by atoms with Crippen LogP contribution in [-0.2, 0) is 14.3 Å². The number of amides is 2. The maximum atomic E-state index is 13.1. The van der Waals surface area contributed by atoms with E-state index < -0.39 is 6.10 Å². The van der Waals surface area contributed by atoms with Gasteiger partial charge in [-0.2, -0.15) is 0 Å². The van der Waals surface area contributed by atoms with Gasteiger partial charge in [0, 0.05) is 13.1 Å². The third-order valence-electron chi connectivity index (χ3n) is 5.27. The highest BCUT2D eigenvalue weighted by molar-refractivity contribution is 7.99. The Balaban J connectivity index is 1.32. The van der Waals surface area contributed by atoms with Crippen molar-refractivity contribution in [1.29, 1.82) is 0 Å². The van der Waals surface area contributed by atoms with E-state index in [4.69, 9.17) is 13.9 Å². The van der Waals surface area contributed by atoms with Gasteiger partial charge in [-0.15, -0.1) is 0 Å². The summed E-state index contributed by atoms with van der Waals surface area (Å²) < 4.78 is 17.0. The first-order valence-corrected chi connectivity index (χ1v) is 11.1. The molecule has 1 fully saturated rings. The molecule has 2 amide bonds. The van der Waals surface area contributed by atoms with E-state index in [0.717, 1.165) is 5.52 Å². The smallest absolute Gasteiger partial charge is 0.265 e. The number of ether oxygens (including phenoxy) is 2. The Morgan fingerprint density at radius 3 is 2.68 bits per heavy atom. The molecule has 0 N–H and O–H groups in total. The number of hydrogen-bond donors (Lipinski definition) is 0. The Morgan fingerprint density at radius 1 is 1.06 bits per heavy atom. The standard InChI is InChI=1S/C22H21N3O5S/c26-20(14-31-22-23-15-5-1-3-7-17(15)30-22)25-13-19(21(27)24-9-11-28-12-10-24)29-18-8-4-2-6-16(18)25/h1-8,19H,9-14H2/t19-/m1/s1. The lowest BCUT2D eigenvalue weighted by molar-refractivity contribution is -0.142. The number of aromatic nitrogens is 1. The zero-order chi connectivity index (χ0) is 21.2. The average molecular weight is 439 g/mol. The number of para-hydroxylation sites is 4. The number of benzene rings is 2. The van der Waals surface area contributed by atoms with Crippen LogP contribution < -0.4 is 9.64 Å². The highest BCUT2D eigenvalue weighted by Gasteiger charge is 2.36. The van der Waals surface area contributed by atoms with Gasteiger partial charge in [0.05, 0.1) is 31.2 Å². The molecule has 0 radical (unpaired) electrons. The Labute approximate surface area is 183 Å². The number of rotatable bonds is 4. The molecule has 0 bridgehead atoms. The lowest BCUT2D eigenvalue weighted by Gasteiger charge is -2.37. The SMILES string of the molecule is O=C([C@H]1CN(C(=O)CSc2nc3ccccc3o2)c2ccccc2O1)N1CCOCC1. The molecule has 0 aliphatic carbocycles. The summed E-state index contributed by atoms with van der Waals surface area (Å²) in [4.78, 5) is 33.9. The summed E-state index contributed by atoms with van der Waals surface area (Å²) in [6.45, 7) is 2.25. The third-order valence-corrected chi connectivity index (χ3v) is 6.08. The van der Waals surface area contributed by atoms with Crippen LogP contribution in [0.4, 0.5) is 5.69 Å². The monoisotopic (exact) mass is 439 g/mol. The number of nitrogens with zero attached hydrogens (tertiary/aromatic N) is 3. The van der Waals surface area contributed by atoms with E-state index in [1.165, 1.54) is 11.8 Å². The molecule has 1 atom stereocenters. The summed E-state index contributed by atoms with van der Waals surface area (Å²) in [5, 5.41) is 0.442. The van der Waals surface area contributed by atoms with Crippen molar-refractivity contribution in [3.05, 3.63) is 48.5 Å². The van der Waals surface area contributed by atoms with Crippen molar-refractivity contribution in [2.75, 3.05) is 43.5 Å². The molecule has 2 aromatic carbocycles. The predicted octanol–water partition coefficient (Wildman–Crippen LogP) is 2.57. The van der Waals surface area contributed by atoms with Crippen molar-refractivity contribution in [2.45, 2.75) is 11.3 Å². The molecule has 31 heavy (non-hydrogen) atoms. The molecule has 5 rings (SSSR count). The van der Waals surface area contributed by atoms with Crippen LogP contribution in [0.5, 0.6) is 5.75 Å². The summed E-state index contributed by atoms with van der Waals surface area (Å²) in [5.74, 6) is 0.408.